The SMILES string of the molecule is CC1=CCN(C(=O)[C@H]2CCCN2)CC1. The monoisotopic (exact) mass is 194 g/mol. The van der Waals surface area contributed by atoms with Crippen LogP contribution in [-0.2, 0) is 4.79 Å². The number of rotatable bonds is 1. The third kappa shape index (κ3) is 1.98. The van der Waals surface area contributed by atoms with Crippen molar-refractivity contribution in [1.29, 1.82) is 0 Å². The van der Waals surface area contributed by atoms with E-state index in [1.165, 1.54) is 5.57 Å². The summed E-state index contributed by atoms with van der Waals surface area (Å²) >= 11 is 0. The highest BCUT2D eigenvalue weighted by Crippen LogP contribution is 2.14. The molecule has 0 aromatic rings. The summed E-state index contributed by atoms with van der Waals surface area (Å²) in [6, 6.07) is 0.0989. The molecule has 3 nitrogen and oxygen atoms in total. The van der Waals surface area contributed by atoms with Crippen LogP contribution in [0.4, 0.5) is 0 Å². The lowest BCUT2D eigenvalue weighted by Crippen LogP contribution is -2.45. The van der Waals surface area contributed by atoms with Gasteiger partial charge in [-0.15, -0.1) is 0 Å². The maximum absolute atomic E-state index is 11.9. The standard InChI is InChI=1S/C11H18N2O/c1-9-4-7-13(8-5-9)11(14)10-3-2-6-12-10/h4,10,12H,2-3,5-8H2,1H3/t10-/m1/s1. The van der Waals surface area contributed by atoms with Crippen LogP contribution in [0.1, 0.15) is 26.2 Å². The number of carbonyl (C=O) groups excluding carboxylic acids is 1. The van der Waals surface area contributed by atoms with Gasteiger partial charge < -0.3 is 10.2 Å². The zero-order valence-electron chi connectivity index (χ0n) is 8.75. The van der Waals surface area contributed by atoms with E-state index in [0.717, 1.165) is 38.9 Å². The minimum Gasteiger partial charge on any atom is -0.337 e. The third-order valence-corrected chi connectivity index (χ3v) is 3.11. The molecule has 1 N–H and O–H groups in total. The first-order valence-electron chi connectivity index (χ1n) is 5.45. The first-order chi connectivity index (χ1) is 6.77. The summed E-state index contributed by atoms with van der Waals surface area (Å²) in [5, 5.41) is 3.25. The molecule has 0 aromatic heterocycles. The van der Waals surface area contributed by atoms with Gasteiger partial charge in [0.05, 0.1) is 6.04 Å². The zero-order chi connectivity index (χ0) is 9.97. The van der Waals surface area contributed by atoms with Crippen molar-refractivity contribution in [2.75, 3.05) is 19.6 Å². The summed E-state index contributed by atoms with van der Waals surface area (Å²) in [5.74, 6) is 0.297. The maximum Gasteiger partial charge on any atom is 0.239 e. The Balaban J connectivity index is 1.92. The molecule has 2 aliphatic heterocycles. The number of nitrogens with one attached hydrogen (secondary N) is 1. The molecule has 0 unspecified atom stereocenters. The van der Waals surface area contributed by atoms with Gasteiger partial charge in [-0.1, -0.05) is 11.6 Å². The predicted octanol–water partition coefficient (Wildman–Crippen LogP) is 0.917. The molecule has 1 amide bonds. The van der Waals surface area contributed by atoms with E-state index >= 15 is 0 Å². The van der Waals surface area contributed by atoms with Crippen molar-refractivity contribution in [3.05, 3.63) is 11.6 Å². The largest absolute Gasteiger partial charge is 0.337 e. The first-order valence-corrected chi connectivity index (χ1v) is 5.45. The lowest BCUT2D eigenvalue weighted by Gasteiger charge is -2.28. The van der Waals surface area contributed by atoms with Crippen LogP contribution in [0.5, 0.6) is 0 Å². The first kappa shape index (κ1) is 9.71. The molecule has 2 heterocycles. The van der Waals surface area contributed by atoms with Crippen molar-refractivity contribution in [1.82, 2.24) is 10.2 Å². The van der Waals surface area contributed by atoms with Gasteiger partial charge in [-0.3, -0.25) is 4.79 Å². The normalized spacial score (nSPS) is 27.6. The van der Waals surface area contributed by atoms with Gasteiger partial charge in [-0.2, -0.15) is 0 Å². The van der Waals surface area contributed by atoms with Crippen molar-refractivity contribution in [3.63, 3.8) is 0 Å². The van der Waals surface area contributed by atoms with Gasteiger partial charge in [-0.25, -0.2) is 0 Å². The molecule has 0 radical (unpaired) electrons. The second-order valence-electron chi connectivity index (χ2n) is 4.23. The van der Waals surface area contributed by atoms with Crippen molar-refractivity contribution in [2.24, 2.45) is 0 Å². The van der Waals surface area contributed by atoms with E-state index < -0.39 is 0 Å². The Morgan fingerprint density at radius 2 is 2.50 bits per heavy atom. The van der Waals surface area contributed by atoms with Crippen LogP contribution in [0.25, 0.3) is 0 Å². The van der Waals surface area contributed by atoms with Crippen molar-refractivity contribution in [3.8, 4) is 0 Å². The molecule has 0 aromatic carbocycles. The van der Waals surface area contributed by atoms with E-state index in [1.54, 1.807) is 0 Å². The molecule has 14 heavy (non-hydrogen) atoms. The molecule has 0 aliphatic carbocycles. The molecular formula is C11H18N2O. The summed E-state index contributed by atoms with van der Waals surface area (Å²) in [6.07, 6.45) is 5.35. The average Bonchev–Trinajstić information content (AvgIpc) is 2.71. The molecular weight excluding hydrogens is 176 g/mol. The zero-order valence-corrected chi connectivity index (χ0v) is 8.75. The summed E-state index contributed by atoms with van der Waals surface area (Å²) in [7, 11) is 0. The second kappa shape index (κ2) is 4.13. The average molecular weight is 194 g/mol. The van der Waals surface area contributed by atoms with Crippen LogP contribution in [0.2, 0.25) is 0 Å². The topological polar surface area (TPSA) is 32.3 Å². The number of amides is 1. The van der Waals surface area contributed by atoms with E-state index in [-0.39, 0.29) is 6.04 Å². The van der Waals surface area contributed by atoms with Gasteiger partial charge in [0.2, 0.25) is 5.91 Å². The Hall–Kier alpha value is -0.830. The maximum atomic E-state index is 11.9. The Labute approximate surface area is 85.2 Å². The highest BCUT2D eigenvalue weighted by molar-refractivity contribution is 5.82. The lowest BCUT2D eigenvalue weighted by molar-refractivity contribution is -0.132. The summed E-state index contributed by atoms with van der Waals surface area (Å²) in [5.41, 5.74) is 1.41. The Morgan fingerprint density at radius 3 is 3.07 bits per heavy atom. The van der Waals surface area contributed by atoms with Crippen LogP contribution in [0.15, 0.2) is 11.6 Å². The smallest absolute Gasteiger partial charge is 0.239 e. The molecule has 78 valence electrons. The van der Waals surface area contributed by atoms with Gasteiger partial charge in [0.1, 0.15) is 0 Å². The molecule has 2 rings (SSSR count). The Bertz CT molecular complexity index is 254. The van der Waals surface area contributed by atoms with Crippen molar-refractivity contribution >= 4 is 5.91 Å². The van der Waals surface area contributed by atoms with Crippen molar-refractivity contribution in [2.45, 2.75) is 32.2 Å². The highest BCUT2D eigenvalue weighted by atomic mass is 16.2. The van der Waals surface area contributed by atoms with Gasteiger partial charge in [0.15, 0.2) is 0 Å². The molecule has 2 aliphatic rings. The van der Waals surface area contributed by atoms with E-state index in [9.17, 15) is 4.79 Å². The molecule has 0 bridgehead atoms. The van der Waals surface area contributed by atoms with E-state index in [2.05, 4.69) is 18.3 Å². The van der Waals surface area contributed by atoms with Gasteiger partial charge in [0.25, 0.3) is 0 Å². The highest BCUT2D eigenvalue weighted by Gasteiger charge is 2.26. The minimum atomic E-state index is 0.0989. The van der Waals surface area contributed by atoms with Crippen molar-refractivity contribution < 1.29 is 4.79 Å². The molecule has 1 atom stereocenters. The van der Waals surface area contributed by atoms with Crippen LogP contribution in [-0.4, -0.2) is 36.5 Å². The fourth-order valence-electron chi connectivity index (χ4n) is 2.09. The fraction of sp³-hybridized carbons (Fsp3) is 0.727. The van der Waals surface area contributed by atoms with Crippen LogP contribution in [0, 0.1) is 0 Å². The van der Waals surface area contributed by atoms with Crippen LogP contribution >= 0.6 is 0 Å². The molecule has 0 saturated carbocycles. The summed E-state index contributed by atoms with van der Waals surface area (Å²) < 4.78 is 0. The Morgan fingerprint density at radius 1 is 1.64 bits per heavy atom. The van der Waals surface area contributed by atoms with Crippen LogP contribution < -0.4 is 5.32 Å². The second-order valence-corrected chi connectivity index (χ2v) is 4.23. The number of hydrogen-bond donors (Lipinski definition) is 1. The minimum absolute atomic E-state index is 0.0989. The summed E-state index contributed by atoms with van der Waals surface area (Å²) in [6.45, 7) is 4.84. The predicted molar refractivity (Wildman–Crippen MR) is 56.0 cm³/mol. The van der Waals surface area contributed by atoms with Gasteiger partial charge >= 0.3 is 0 Å². The Kier molecular flexibility index (Phi) is 2.87. The molecule has 1 fully saturated rings. The third-order valence-electron chi connectivity index (χ3n) is 3.11. The summed E-state index contributed by atoms with van der Waals surface area (Å²) in [4.78, 5) is 13.9. The fourth-order valence-corrected chi connectivity index (χ4v) is 2.09. The number of carbonyl (C=O) groups is 1. The van der Waals surface area contributed by atoms with Gasteiger partial charge in [0, 0.05) is 13.1 Å². The van der Waals surface area contributed by atoms with Gasteiger partial charge in [-0.05, 0) is 32.7 Å². The number of hydrogen-bond acceptors (Lipinski definition) is 2. The van der Waals surface area contributed by atoms with Crippen LogP contribution in [0.3, 0.4) is 0 Å². The molecule has 1 saturated heterocycles. The lowest BCUT2D eigenvalue weighted by atomic mass is 10.1. The van der Waals surface area contributed by atoms with E-state index in [4.69, 9.17) is 0 Å². The quantitative estimate of drug-likeness (QED) is 0.629. The van der Waals surface area contributed by atoms with E-state index in [1.807, 2.05) is 4.90 Å². The molecule has 3 heteroatoms. The molecule has 0 spiro atoms. The van der Waals surface area contributed by atoms with E-state index in [0.29, 0.717) is 5.91 Å². The number of nitrogens with zero attached hydrogens (tertiary/aromatic N) is 1.